The molecule has 1 N–H and O–H groups in total. The van der Waals surface area contributed by atoms with Crippen molar-refractivity contribution in [2.45, 2.75) is 10.3 Å². The number of thioether (sulfide) groups is 1. The Labute approximate surface area is 266 Å². The lowest BCUT2D eigenvalue weighted by Crippen LogP contribution is -2.02. The van der Waals surface area contributed by atoms with Crippen molar-refractivity contribution in [3.8, 4) is 50.6 Å². The van der Waals surface area contributed by atoms with Crippen LogP contribution in [0.3, 0.4) is 0 Å². The maximum Gasteiger partial charge on any atom is 0.103 e. The Kier molecular flexibility index (Phi) is 6.87. The summed E-state index contributed by atoms with van der Waals surface area (Å²) in [5.41, 5.74) is 13.3. The lowest BCUT2D eigenvalue weighted by atomic mass is 9.93. The monoisotopic (exact) mass is 593 g/mol. The molecule has 1 aromatic heterocycles. The topological polar surface area (TPSA) is 48.7 Å². The van der Waals surface area contributed by atoms with Gasteiger partial charge < -0.3 is 5.32 Å². The zero-order chi connectivity index (χ0) is 30.2. The summed E-state index contributed by atoms with van der Waals surface area (Å²) in [6.07, 6.45) is 1.86. The van der Waals surface area contributed by atoms with Crippen molar-refractivity contribution < 1.29 is 0 Å². The average Bonchev–Trinajstić information content (AvgIpc) is 3.56. The highest BCUT2D eigenvalue weighted by Gasteiger charge is 2.23. The first-order chi connectivity index (χ1) is 22.2. The van der Waals surface area contributed by atoms with Gasteiger partial charge in [0, 0.05) is 27.7 Å². The lowest BCUT2D eigenvalue weighted by Gasteiger charge is -2.16. The second-order valence-corrected chi connectivity index (χ2v) is 12.4. The van der Waals surface area contributed by atoms with E-state index in [1.807, 2.05) is 48.3 Å². The molecule has 8 rings (SSSR count). The van der Waals surface area contributed by atoms with Crippen LogP contribution >= 0.6 is 11.8 Å². The Hall–Kier alpha value is -5.63. The highest BCUT2D eigenvalue weighted by molar-refractivity contribution is 8.00. The Morgan fingerprint density at radius 1 is 0.578 bits per heavy atom. The predicted octanol–water partition coefficient (Wildman–Crippen LogP) is 11.0. The van der Waals surface area contributed by atoms with Gasteiger partial charge in [0.15, 0.2) is 0 Å². The number of fused-ring (bicyclic) bond motifs is 2. The maximum absolute atomic E-state index is 9.16. The summed E-state index contributed by atoms with van der Waals surface area (Å²) in [4.78, 5) is 5.94. The zero-order valence-electron chi connectivity index (χ0n) is 24.3. The molecule has 45 heavy (non-hydrogen) atoms. The van der Waals surface area contributed by atoms with Crippen LogP contribution in [0.15, 0.2) is 157 Å². The minimum Gasteiger partial charge on any atom is -0.368 e. The number of hydrogen-bond donors (Lipinski definition) is 1. The van der Waals surface area contributed by atoms with Gasteiger partial charge in [-0.25, -0.2) is 0 Å². The third-order valence-corrected chi connectivity index (χ3v) is 9.64. The number of benzene rings is 6. The summed E-state index contributed by atoms with van der Waals surface area (Å²) in [6, 6.07) is 53.4. The second kappa shape index (κ2) is 11.5. The molecular weight excluding hydrogens is 567 g/mol. The molecular formula is C41H27N3S. The van der Waals surface area contributed by atoms with E-state index in [1.54, 1.807) is 0 Å². The lowest BCUT2D eigenvalue weighted by molar-refractivity contribution is 1.14. The quantitative estimate of drug-likeness (QED) is 0.216. The fourth-order valence-corrected chi connectivity index (χ4v) is 7.17. The van der Waals surface area contributed by atoms with Gasteiger partial charge in [-0.05, 0) is 93.0 Å². The molecule has 0 aliphatic carbocycles. The van der Waals surface area contributed by atoms with Crippen LogP contribution in [0, 0.1) is 11.3 Å². The van der Waals surface area contributed by atoms with E-state index in [0.29, 0.717) is 5.56 Å². The van der Waals surface area contributed by atoms with Crippen LogP contribution in [0.1, 0.15) is 16.5 Å². The van der Waals surface area contributed by atoms with Crippen LogP contribution in [0.25, 0.3) is 55.4 Å². The van der Waals surface area contributed by atoms with E-state index in [2.05, 4.69) is 132 Å². The van der Waals surface area contributed by atoms with Crippen molar-refractivity contribution in [1.82, 2.24) is 4.98 Å². The minimum absolute atomic E-state index is 0.125. The van der Waals surface area contributed by atoms with E-state index < -0.39 is 0 Å². The number of para-hydroxylation sites is 2. The average molecular weight is 594 g/mol. The highest BCUT2D eigenvalue weighted by atomic mass is 32.2. The van der Waals surface area contributed by atoms with Crippen LogP contribution in [0.5, 0.6) is 0 Å². The first kappa shape index (κ1) is 27.0. The van der Waals surface area contributed by atoms with Gasteiger partial charge >= 0.3 is 0 Å². The smallest absolute Gasteiger partial charge is 0.103 e. The van der Waals surface area contributed by atoms with Crippen molar-refractivity contribution in [2.24, 2.45) is 0 Å². The molecule has 1 aliphatic rings. The van der Waals surface area contributed by atoms with Crippen LogP contribution in [0.4, 0.5) is 5.69 Å². The molecule has 1 atom stereocenters. The van der Waals surface area contributed by atoms with E-state index in [0.717, 1.165) is 38.7 Å². The Morgan fingerprint density at radius 2 is 1.18 bits per heavy atom. The molecule has 2 heterocycles. The zero-order valence-corrected chi connectivity index (χ0v) is 25.1. The van der Waals surface area contributed by atoms with Gasteiger partial charge in [0.1, 0.15) is 5.37 Å². The number of hydrogen-bond acceptors (Lipinski definition) is 4. The molecule has 4 heteroatoms. The Bertz CT molecular complexity index is 2180. The highest BCUT2D eigenvalue weighted by Crippen LogP contribution is 2.47. The molecule has 1 aliphatic heterocycles. The molecule has 7 aromatic rings. The molecule has 0 saturated heterocycles. The maximum atomic E-state index is 9.16. The molecule has 1 unspecified atom stereocenters. The van der Waals surface area contributed by atoms with Gasteiger partial charge in [-0.2, -0.15) is 5.26 Å². The largest absolute Gasteiger partial charge is 0.368 e. The van der Waals surface area contributed by atoms with Crippen molar-refractivity contribution in [2.75, 3.05) is 5.32 Å². The van der Waals surface area contributed by atoms with E-state index >= 15 is 0 Å². The van der Waals surface area contributed by atoms with Crippen molar-refractivity contribution in [1.29, 1.82) is 5.26 Å². The number of nitrogens with one attached hydrogen (secondary N) is 1. The van der Waals surface area contributed by atoms with Gasteiger partial charge in [-0.15, -0.1) is 0 Å². The first-order valence-corrected chi connectivity index (χ1v) is 15.8. The number of nitriles is 1. The molecule has 0 saturated carbocycles. The van der Waals surface area contributed by atoms with E-state index in [-0.39, 0.29) is 5.37 Å². The van der Waals surface area contributed by atoms with Gasteiger partial charge in [-0.1, -0.05) is 109 Å². The van der Waals surface area contributed by atoms with Crippen LogP contribution in [-0.2, 0) is 0 Å². The third-order valence-electron chi connectivity index (χ3n) is 8.40. The second-order valence-electron chi connectivity index (χ2n) is 11.2. The number of anilines is 1. The molecule has 0 bridgehead atoms. The Morgan fingerprint density at radius 3 is 1.84 bits per heavy atom. The SMILES string of the molecule is N#Cc1ccc(-c2ccc(-c3cc(-c4ccc(-c5cccc6cccnc56)cc4)cc(C4Nc5ccccc5S4)c3)cc2)cc1. The normalized spacial score (nSPS) is 13.6. The molecule has 0 radical (unpaired) electrons. The molecule has 6 aromatic carbocycles. The molecule has 0 amide bonds. The standard InChI is InChI=1S/C41H27N3S/c42-26-27-10-12-28(13-11-27)29-14-16-30(17-15-29)34-23-35(25-36(24-34)41-44-38-8-1-2-9-39(38)45-41)31-18-20-32(21-19-31)37-7-3-5-33-6-4-22-43-40(33)37/h1-25,41,44H. The van der Waals surface area contributed by atoms with Crippen LogP contribution < -0.4 is 5.32 Å². The number of aromatic nitrogens is 1. The van der Waals surface area contributed by atoms with E-state index in [1.165, 1.54) is 32.8 Å². The molecule has 212 valence electrons. The van der Waals surface area contributed by atoms with Crippen LogP contribution in [0.2, 0.25) is 0 Å². The van der Waals surface area contributed by atoms with Crippen molar-refractivity contribution in [3.63, 3.8) is 0 Å². The van der Waals surface area contributed by atoms with Gasteiger partial charge in [0.2, 0.25) is 0 Å². The predicted molar refractivity (Wildman–Crippen MR) is 187 cm³/mol. The minimum atomic E-state index is 0.125. The van der Waals surface area contributed by atoms with Crippen molar-refractivity contribution in [3.05, 3.63) is 163 Å². The van der Waals surface area contributed by atoms with Crippen molar-refractivity contribution >= 4 is 28.4 Å². The molecule has 3 nitrogen and oxygen atoms in total. The number of rotatable bonds is 5. The third kappa shape index (κ3) is 5.25. The summed E-state index contributed by atoms with van der Waals surface area (Å²) in [5.74, 6) is 0. The van der Waals surface area contributed by atoms with E-state index in [9.17, 15) is 0 Å². The summed E-state index contributed by atoms with van der Waals surface area (Å²) >= 11 is 1.86. The fourth-order valence-electron chi connectivity index (χ4n) is 6.05. The number of nitrogens with zero attached hydrogens (tertiary/aromatic N) is 2. The van der Waals surface area contributed by atoms with Gasteiger partial charge in [0.05, 0.1) is 17.1 Å². The summed E-state index contributed by atoms with van der Waals surface area (Å²) < 4.78 is 0. The Balaban J connectivity index is 1.17. The fraction of sp³-hybridized carbons (Fsp3) is 0.0244. The van der Waals surface area contributed by atoms with Gasteiger partial charge in [0.25, 0.3) is 0 Å². The summed E-state index contributed by atoms with van der Waals surface area (Å²) in [6.45, 7) is 0. The summed E-state index contributed by atoms with van der Waals surface area (Å²) in [7, 11) is 0. The van der Waals surface area contributed by atoms with Gasteiger partial charge in [-0.3, -0.25) is 4.98 Å². The van der Waals surface area contributed by atoms with E-state index in [4.69, 9.17) is 5.26 Å². The molecule has 0 fully saturated rings. The number of pyridine rings is 1. The first-order valence-electron chi connectivity index (χ1n) is 14.9. The molecule has 0 spiro atoms. The van der Waals surface area contributed by atoms with Crippen LogP contribution in [-0.4, -0.2) is 4.98 Å². The summed E-state index contributed by atoms with van der Waals surface area (Å²) in [5, 5.41) is 14.2.